The van der Waals surface area contributed by atoms with Crippen molar-refractivity contribution in [1.29, 1.82) is 0 Å². The molecule has 2 N–H and O–H groups in total. The number of nitro groups is 1. The first-order valence-corrected chi connectivity index (χ1v) is 5.28. The van der Waals surface area contributed by atoms with Crippen LogP contribution in [-0.4, -0.2) is 17.0 Å². The summed E-state index contributed by atoms with van der Waals surface area (Å²) in [4.78, 5) is 14.2. The second-order valence-electron chi connectivity index (χ2n) is 3.68. The van der Waals surface area contributed by atoms with Crippen molar-refractivity contribution >= 4 is 11.5 Å². The van der Waals surface area contributed by atoms with Crippen LogP contribution in [0, 0.1) is 15.9 Å². The molecule has 98 valence electrons. The molecule has 0 spiro atoms. The summed E-state index contributed by atoms with van der Waals surface area (Å²) in [6, 6.07) is 6.58. The lowest BCUT2D eigenvalue weighted by Crippen LogP contribution is -2.01. The lowest BCUT2D eigenvalue weighted by atomic mass is 10.1. The fourth-order valence-electron chi connectivity index (χ4n) is 1.70. The maximum Gasteiger partial charge on any atom is 0.295 e. The third kappa shape index (κ3) is 2.30. The van der Waals surface area contributed by atoms with Crippen LogP contribution in [0.2, 0.25) is 0 Å². The minimum absolute atomic E-state index is 0.0610. The van der Waals surface area contributed by atoms with Crippen molar-refractivity contribution in [2.45, 2.75) is 0 Å². The molecule has 0 aliphatic rings. The molecule has 0 aliphatic carbocycles. The van der Waals surface area contributed by atoms with Crippen molar-refractivity contribution < 1.29 is 14.1 Å². The topological polar surface area (TPSA) is 91.3 Å². The first-order chi connectivity index (χ1) is 9.04. The van der Waals surface area contributed by atoms with E-state index in [2.05, 4.69) is 4.98 Å². The molecular weight excluding hydrogens is 253 g/mol. The highest BCUT2D eigenvalue weighted by Crippen LogP contribution is 2.36. The van der Waals surface area contributed by atoms with Gasteiger partial charge in [-0.15, -0.1) is 0 Å². The quantitative estimate of drug-likeness (QED) is 0.678. The van der Waals surface area contributed by atoms with E-state index >= 15 is 0 Å². The monoisotopic (exact) mass is 263 g/mol. The number of methoxy groups -OCH3 is 1. The highest BCUT2D eigenvalue weighted by Gasteiger charge is 2.23. The van der Waals surface area contributed by atoms with E-state index in [0.717, 1.165) is 0 Å². The van der Waals surface area contributed by atoms with Crippen LogP contribution < -0.4 is 10.5 Å². The van der Waals surface area contributed by atoms with Gasteiger partial charge in [-0.1, -0.05) is 6.07 Å². The van der Waals surface area contributed by atoms with Gasteiger partial charge in [0.2, 0.25) is 0 Å². The number of anilines is 1. The normalized spacial score (nSPS) is 10.2. The van der Waals surface area contributed by atoms with Crippen LogP contribution in [0.15, 0.2) is 30.3 Å². The van der Waals surface area contributed by atoms with Gasteiger partial charge in [-0.2, -0.15) is 0 Å². The van der Waals surface area contributed by atoms with Gasteiger partial charge < -0.3 is 10.5 Å². The lowest BCUT2D eigenvalue weighted by molar-refractivity contribution is -0.384. The van der Waals surface area contributed by atoms with Crippen LogP contribution in [0.4, 0.5) is 15.9 Å². The number of nitrogens with zero attached hydrogens (tertiary/aromatic N) is 2. The van der Waals surface area contributed by atoms with Gasteiger partial charge in [-0.25, -0.2) is 9.37 Å². The lowest BCUT2D eigenvalue weighted by Gasteiger charge is -2.09. The molecule has 0 bridgehead atoms. The van der Waals surface area contributed by atoms with E-state index in [1.807, 2.05) is 0 Å². The summed E-state index contributed by atoms with van der Waals surface area (Å²) in [6.45, 7) is 0. The number of ether oxygens (including phenoxy) is 1. The Bertz CT molecular complexity index is 646. The zero-order valence-electron chi connectivity index (χ0n) is 9.96. The largest absolute Gasteiger partial charge is 0.496 e. The van der Waals surface area contributed by atoms with E-state index in [1.54, 1.807) is 0 Å². The average molecular weight is 263 g/mol. The number of aromatic nitrogens is 1. The fraction of sp³-hybridized carbons (Fsp3) is 0.0833. The van der Waals surface area contributed by atoms with Gasteiger partial charge in [0.05, 0.1) is 17.6 Å². The van der Waals surface area contributed by atoms with Crippen LogP contribution >= 0.6 is 0 Å². The highest BCUT2D eigenvalue weighted by molar-refractivity contribution is 5.76. The third-order valence-corrected chi connectivity index (χ3v) is 2.52. The molecule has 2 rings (SSSR count). The fourth-order valence-corrected chi connectivity index (χ4v) is 1.70. The minimum atomic E-state index is -0.666. The molecule has 0 unspecified atom stereocenters. The van der Waals surface area contributed by atoms with E-state index < -0.39 is 10.7 Å². The summed E-state index contributed by atoms with van der Waals surface area (Å²) in [5, 5.41) is 11.0. The number of pyridine rings is 1. The molecule has 7 heteroatoms. The van der Waals surface area contributed by atoms with Crippen molar-refractivity contribution in [2.75, 3.05) is 12.8 Å². The number of nitrogens with two attached hydrogens (primary N) is 1. The maximum absolute atomic E-state index is 13.9. The predicted molar refractivity (Wildman–Crippen MR) is 67.2 cm³/mol. The van der Waals surface area contributed by atoms with Gasteiger partial charge in [-0.3, -0.25) is 10.1 Å². The van der Waals surface area contributed by atoms with Gasteiger partial charge in [0, 0.05) is 6.07 Å². The zero-order valence-corrected chi connectivity index (χ0v) is 9.96. The molecule has 1 aromatic carbocycles. The molecule has 0 atom stereocenters. The van der Waals surface area contributed by atoms with Crippen molar-refractivity contribution in [1.82, 2.24) is 4.98 Å². The van der Waals surface area contributed by atoms with Crippen molar-refractivity contribution in [3.05, 3.63) is 46.3 Å². The summed E-state index contributed by atoms with van der Waals surface area (Å²) in [5.74, 6) is -0.451. The van der Waals surface area contributed by atoms with E-state index in [0.29, 0.717) is 0 Å². The highest BCUT2D eigenvalue weighted by atomic mass is 19.1. The Labute approximate surface area is 107 Å². The van der Waals surface area contributed by atoms with Crippen molar-refractivity contribution in [3.8, 4) is 17.0 Å². The Morgan fingerprint density at radius 3 is 2.74 bits per heavy atom. The Hall–Kier alpha value is -2.70. The Morgan fingerprint density at radius 1 is 1.37 bits per heavy atom. The summed E-state index contributed by atoms with van der Waals surface area (Å²) < 4.78 is 18.9. The number of halogens is 1. The van der Waals surface area contributed by atoms with Gasteiger partial charge in [0.25, 0.3) is 5.69 Å². The molecule has 0 amide bonds. The number of benzene rings is 1. The van der Waals surface area contributed by atoms with E-state index in [1.165, 1.54) is 37.4 Å². The summed E-state index contributed by atoms with van der Waals surface area (Å²) in [5.41, 5.74) is 4.94. The summed E-state index contributed by atoms with van der Waals surface area (Å²) in [7, 11) is 1.34. The third-order valence-electron chi connectivity index (χ3n) is 2.52. The average Bonchev–Trinajstić information content (AvgIpc) is 2.37. The molecule has 2 aromatic rings. The van der Waals surface area contributed by atoms with Crippen LogP contribution in [0.1, 0.15) is 0 Å². The van der Waals surface area contributed by atoms with Crippen LogP contribution in [0.5, 0.6) is 5.75 Å². The van der Waals surface area contributed by atoms with Crippen molar-refractivity contribution in [2.24, 2.45) is 0 Å². The van der Waals surface area contributed by atoms with Gasteiger partial charge in [0.15, 0.2) is 5.69 Å². The second kappa shape index (κ2) is 4.89. The van der Waals surface area contributed by atoms with Gasteiger partial charge in [0.1, 0.15) is 17.4 Å². The first-order valence-electron chi connectivity index (χ1n) is 5.28. The molecule has 6 nitrogen and oxygen atoms in total. The van der Waals surface area contributed by atoms with Crippen LogP contribution in [-0.2, 0) is 0 Å². The Kier molecular flexibility index (Phi) is 3.28. The molecule has 19 heavy (non-hydrogen) atoms. The van der Waals surface area contributed by atoms with E-state index in [4.69, 9.17) is 10.5 Å². The zero-order chi connectivity index (χ0) is 14.0. The molecule has 0 radical (unpaired) electrons. The predicted octanol–water partition coefficient (Wildman–Crippen LogP) is 2.39. The minimum Gasteiger partial charge on any atom is -0.496 e. The second-order valence-corrected chi connectivity index (χ2v) is 3.68. The van der Waals surface area contributed by atoms with Crippen LogP contribution in [0.25, 0.3) is 11.3 Å². The maximum atomic E-state index is 13.9. The number of rotatable bonds is 3. The standard InChI is InChI=1S/C12H10FN3O3/c1-19-9-4-2-3-7(13)11(9)12-8(16(17)18)5-6-10(14)15-12/h2-6H,1H3,(H2,14,15). The van der Waals surface area contributed by atoms with E-state index in [9.17, 15) is 14.5 Å². The summed E-state index contributed by atoms with van der Waals surface area (Å²) >= 11 is 0. The summed E-state index contributed by atoms with van der Waals surface area (Å²) in [6.07, 6.45) is 0. The van der Waals surface area contributed by atoms with Crippen LogP contribution in [0.3, 0.4) is 0 Å². The Morgan fingerprint density at radius 2 is 2.11 bits per heavy atom. The number of hydrogen-bond donors (Lipinski definition) is 1. The van der Waals surface area contributed by atoms with Gasteiger partial charge >= 0.3 is 0 Å². The molecule has 0 saturated heterocycles. The molecule has 0 saturated carbocycles. The SMILES string of the molecule is COc1cccc(F)c1-c1nc(N)ccc1[N+](=O)[O-]. The first kappa shape index (κ1) is 12.7. The Balaban J connectivity index is 2.78. The molecule has 1 heterocycles. The molecule has 0 aliphatic heterocycles. The van der Waals surface area contributed by atoms with Gasteiger partial charge in [-0.05, 0) is 18.2 Å². The number of nitrogen functional groups attached to an aromatic ring is 1. The molecule has 0 fully saturated rings. The molecular formula is C12H10FN3O3. The molecule has 1 aromatic heterocycles. The smallest absolute Gasteiger partial charge is 0.295 e. The van der Waals surface area contributed by atoms with Crippen molar-refractivity contribution in [3.63, 3.8) is 0 Å². The van der Waals surface area contributed by atoms with E-state index in [-0.39, 0.29) is 28.5 Å². The number of hydrogen-bond acceptors (Lipinski definition) is 5.